The summed E-state index contributed by atoms with van der Waals surface area (Å²) < 4.78 is 5.29. The van der Waals surface area contributed by atoms with Crippen LogP contribution in [0.15, 0.2) is 4.52 Å². The third-order valence-corrected chi connectivity index (χ3v) is 4.32. The van der Waals surface area contributed by atoms with Gasteiger partial charge in [0, 0.05) is 0 Å². The van der Waals surface area contributed by atoms with Gasteiger partial charge in [-0.1, -0.05) is 25.4 Å². The van der Waals surface area contributed by atoms with Crippen molar-refractivity contribution in [3.05, 3.63) is 11.7 Å². The van der Waals surface area contributed by atoms with Gasteiger partial charge in [-0.3, -0.25) is 4.90 Å². The molecule has 1 aliphatic heterocycles. The molecule has 1 aliphatic rings. The van der Waals surface area contributed by atoms with E-state index in [0.717, 1.165) is 19.6 Å². The van der Waals surface area contributed by atoms with Gasteiger partial charge in [-0.05, 0) is 45.2 Å². The second kappa shape index (κ2) is 5.21. The standard InChI is InChI=1S/C14H26N4O/c1-5-14(4)6-8-18(9-7-14)10-11-16-12(17-19-11)13(2,3)15/h5-10,15H2,1-4H3. The molecule has 2 rings (SSSR count). The summed E-state index contributed by atoms with van der Waals surface area (Å²) in [7, 11) is 0. The van der Waals surface area contributed by atoms with Crippen LogP contribution < -0.4 is 5.73 Å². The molecule has 5 nitrogen and oxygen atoms in total. The summed E-state index contributed by atoms with van der Waals surface area (Å²) in [5.74, 6) is 1.26. The molecule has 0 bridgehead atoms. The third kappa shape index (κ3) is 3.54. The van der Waals surface area contributed by atoms with E-state index in [4.69, 9.17) is 10.3 Å². The van der Waals surface area contributed by atoms with Gasteiger partial charge in [-0.25, -0.2) is 0 Å². The van der Waals surface area contributed by atoms with E-state index in [-0.39, 0.29) is 0 Å². The van der Waals surface area contributed by atoms with Crippen LogP contribution in [0.1, 0.15) is 58.7 Å². The number of likely N-dealkylation sites (tertiary alicyclic amines) is 1. The molecule has 108 valence electrons. The van der Waals surface area contributed by atoms with Gasteiger partial charge in [0.15, 0.2) is 5.82 Å². The first-order valence-electron chi connectivity index (χ1n) is 7.17. The van der Waals surface area contributed by atoms with Gasteiger partial charge in [0.25, 0.3) is 0 Å². The fourth-order valence-electron chi connectivity index (χ4n) is 2.38. The first-order chi connectivity index (χ1) is 8.82. The van der Waals surface area contributed by atoms with Gasteiger partial charge < -0.3 is 10.3 Å². The average Bonchev–Trinajstić information content (AvgIpc) is 2.81. The monoisotopic (exact) mass is 266 g/mol. The highest BCUT2D eigenvalue weighted by Crippen LogP contribution is 2.34. The van der Waals surface area contributed by atoms with E-state index in [1.807, 2.05) is 13.8 Å². The molecule has 1 aromatic heterocycles. The fraction of sp³-hybridized carbons (Fsp3) is 0.857. The lowest BCUT2D eigenvalue weighted by Crippen LogP contribution is -2.38. The molecular formula is C14H26N4O. The zero-order chi connectivity index (χ0) is 14.1. The van der Waals surface area contributed by atoms with Crippen LogP contribution in [0.5, 0.6) is 0 Å². The number of rotatable bonds is 4. The van der Waals surface area contributed by atoms with E-state index in [0.29, 0.717) is 17.1 Å². The topological polar surface area (TPSA) is 68.2 Å². The zero-order valence-corrected chi connectivity index (χ0v) is 12.6. The number of nitrogens with zero attached hydrogens (tertiary/aromatic N) is 3. The Morgan fingerprint density at radius 1 is 1.37 bits per heavy atom. The lowest BCUT2D eigenvalue weighted by atomic mass is 9.78. The molecular weight excluding hydrogens is 240 g/mol. The number of hydrogen-bond donors (Lipinski definition) is 1. The average molecular weight is 266 g/mol. The highest BCUT2D eigenvalue weighted by atomic mass is 16.5. The molecule has 2 heterocycles. The van der Waals surface area contributed by atoms with Gasteiger partial charge in [-0.15, -0.1) is 0 Å². The van der Waals surface area contributed by atoms with Crippen molar-refractivity contribution < 1.29 is 4.52 Å². The number of aromatic nitrogens is 2. The minimum absolute atomic E-state index is 0.510. The normalized spacial score (nSPS) is 20.7. The van der Waals surface area contributed by atoms with Crippen molar-refractivity contribution in [1.82, 2.24) is 15.0 Å². The Hall–Kier alpha value is -0.940. The van der Waals surface area contributed by atoms with Crippen LogP contribution in [0.25, 0.3) is 0 Å². The first-order valence-corrected chi connectivity index (χ1v) is 7.17. The third-order valence-electron chi connectivity index (χ3n) is 4.32. The molecule has 5 heteroatoms. The van der Waals surface area contributed by atoms with E-state index in [1.54, 1.807) is 0 Å². The Kier molecular flexibility index (Phi) is 3.97. The molecule has 19 heavy (non-hydrogen) atoms. The molecule has 2 N–H and O–H groups in total. The van der Waals surface area contributed by atoms with Crippen LogP contribution in [-0.4, -0.2) is 28.1 Å². The van der Waals surface area contributed by atoms with E-state index >= 15 is 0 Å². The molecule has 1 aromatic rings. The Bertz CT molecular complexity index is 413. The molecule has 1 saturated heterocycles. The summed E-state index contributed by atoms with van der Waals surface area (Å²) in [6.07, 6.45) is 3.74. The maximum Gasteiger partial charge on any atom is 0.240 e. The predicted molar refractivity (Wildman–Crippen MR) is 74.4 cm³/mol. The molecule has 0 atom stereocenters. The van der Waals surface area contributed by atoms with E-state index in [9.17, 15) is 0 Å². The predicted octanol–water partition coefficient (Wildman–Crippen LogP) is 2.28. The van der Waals surface area contributed by atoms with Crippen molar-refractivity contribution in [3.8, 4) is 0 Å². The van der Waals surface area contributed by atoms with Crippen LogP contribution in [-0.2, 0) is 12.1 Å². The molecule has 0 aliphatic carbocycles. The Morgan fingerprint density at radius 2 is 2.00 bits per heavy atom. The maximum absolute atomic E-state index is 5.96. The smallest absolute Gasteiger partial charge is 0.240 e. The highest BCUT2D eigenvalue weighted by molar-refractivity contribution is 4.99. The van der Waals surface area contributed by atoms with Crippen molar-refractivity contribution >= 4 is 0 Å². The summed E-state index contributed by atoms with van der Waals surface area (Å²) in [5.41, 5.74) is 5.93. The summed E-state index contributed by atoms with van der Waals surface area (Å²) in [6.45, 7) is 11.4. The molecule has 0 spiro atoms. The van der Waals surface area contributed by atoms with Crippen LogP contribution in [0, 0.1) is 5.41 Å². The van der Waals surface area contributed by atoms with Crippen LogP contribution >= 0.6 is 0 Å². The molecule has 1 fully saturated rings. The number of hydrogen-bond acceptors (Lipinski definition) is 5. The van der Waals surface area contributed by atoms with Gasteiger partial charge in [0.2, 0.25) is 5.89 Å². The van der Waals surface area contributed by atoms with E-state index in [2.05, 4.69) is 28.9 Å². The minimum atomic E-state index is -0.537. The lowest BCUT2D eigenvalue weighted by Gasteiger charge is -2.38. The first kappa shape index (κ1) is 14.5. The molecule has 0 aromatic carbocycles. The molecule has 0 unspecified atom stereocenters. The van der Waals surface area contributed by atoms with Gasteiger partial charge in [-0.2, -0.15) is 4.98 Å². The van der Waals surface area contributed by atoms with Crippen LogP contribution in [0.4, 0.5) is 0 Å². The zero-order valence-electron chi connectivity index (χ0n) is 12.6. The van der Waals surface area contributed by atoms with Crippen molar-refractivity contribution in [3.63, 3.8) is 0 Å². The quantitative estimate of drug-likeness (QED) is 0.905. The summed E-state index contributed by atoms with van der Waals surface area (Å²) in [5, 5.41) is 3.96. The number of piperidine rings is 1. The fourth-order valence-corrected chi connectivity index (χ4v) is 2.38. The van der Waals surface area contributed by atoms with Crippen molar-refractivity contribution in [2.24, 2.45) is 11.1 Å². The maximum atomic E-state index is 5.96. The van der Waals surface area contributed by atoms with E-state index < -0.39 is 5.54 Å². The summed E-state index contributed by atoms with van der Waals surface area (Å²) >= 11 is 0. The Balaban J connectivity index is 1.91. The summed E-state index contributed by atoms with van der Waals surface area (Å²) in [4.78, 5) is 6.77. The largest absolute Gasteiger partial charge is 0.338 e. The van der Waals surface area contributed by atoms with Crippen molar-refractivity contribution in [1.29, 1.82) is 0 Å². The number of nitrogens with two attached hydrogens (primary N) is 1. The van der Waals surface area contributed by atoms with E-state index in [1.165, 1.54) is 19.3 Å². The Morgan fingerprint density at radius 3 is 2.47 bits per heavy atom. The second-order valence-corrected chi connectivity index (χ2v) is 6.67. The molecule has 0 amide bonds. The van der Waals surface area contributed by atoms with Crippen molar-refractivity contribution in [2.45, 2.75) is 59.0 Å². The SMILES string of the molecule is CCC1(C)CCN(Cc2nc(C(C)(C)N)no2)CC1. The van der Waals surface area contributed by atoms with Crippen LogP contribution in [0.2, 0.25) is 0 Å². The van der Waals surface area contributed by atoms with Gasteiger partial charge in [0.1, 0.15) is 0 Å². The Labute approximate surface area is 115 Å². The van der Waals surface area contributed by atoms with Crippen LogP contribution in [0.3, 0.4) is 0 Å². The molecule has 0 radical (unpaired) electrons. The van der Waals surface area contributed by atoms with Gasteiger partial charge in [0.05, 0.1) is 12.1 Å². The van der Waals surface area contributed by atoms with Gasteiger partial charge >= 0.3 is 0 Å². The molecule has 0 saturated carbocycles. The lowest BCUT2D eigenvalue weighted by molar-refractivity contribution is 0.100. The summed E-state index contributed by atoms with van der Waals surface area (Å²) in [6, 6.07) is 0. The van der Waals surface area contributed by atoms with Crippen molar-refractivity contribution in [2.75, 3.05) is 13.1 Å². The second-order valence-electron chi connectivity index (χ2n) is 6.67. The highest BCUT2D eigenvalue weighted by Gasteiger charge is 2.29. The minimum Gasteiger partial charge on any atom is -0.338 e.